The first-order valence-corrected chi connectivity index (χ1v) is 6.77. The van der Waals surface area contributed by atoms with Gasteiger partial charge in [0.1, 0.15) is 17.4 Å². The summed E-state index contributed by atoms with van der Waals surface area (Å²) in [5, 5.41) is 12.4. The molecule has 0 fully saturated rings. The van der Waals surface area contributed by atoms with E-state index in [0.29, 0.717) is 6.54 Å². The summed E-state index contributed by atoms with van der Waals surface area (Å²) in [5.41, 5.74) is 2.66. The molecule has 5 heteroatoms. The fourth-order valence-corrected chi connectivity index (χ4v) is 2.65. The van der Waals surface area contributed by atoms with Gasteiger partial charge in [0, 0.05) is 30.9 Å². The van der Waals surface area contributed by atoms with Crippen LogP contribution in [0.15, 0.2) is 35.1 Å². The molecule has 0 amide bonds. The van der Waals surface area contributed by atoms with E-state index < -0.39 is 0 Å². The number of nitrogens with one attached hydrogen (secondary N) is 1. The molecule has 0 spiro atoms. The summed E-state index contributed by atoms with van der Waals surface area (Å²) in [6.07, 6.45) is 0.766. The Kier molecular flexibility index (Phi) is 3.46. The zero-order valence-corrected chi connectivity index (χ0v) is 11.7. The minimum absolute atomic E-state index is 0.174. The zero-order chi connectivity index (χ0) is 14.8. The van der Waals surface area contributed by atoms with Gasteiger partial charge in [-0.15, -0.1) is 0 Å². The Bertz CT molecular complexity index is 770. The third-order valence-corrected chi connectivity index (χ3v) is 3.70. The lowest BCUT2D eigenvalue weighted by molar-refractivity contribution is 0.414. The number of hydrogen-bond donors (Lipinski definition) is 1. The minimum Gasteiger partial charge on any atom is -0.497 e. The third kappa shape index (κ3) is 2.30. The Hall–Kier alpha value is -2.58. The molecule has 1 aromatic carbocycles. The number of nitrogens with zero attached hydrogens (tertiary/aromatic N) is 2. The number of aromatic nitrogens is 1. The molecular formula is C16H15N3O2. The van der Waals surface area contributed by atoms with Crippen LogP contribution in [0.1, 0.15) is 16.8 Å². The van der Waals surface area contributed by atoms with Crippen molar-refractivity contribution in [3.8, 4) is 17.5 Å². The smallest absolute Gasteiger partial charge is 0.273 e. The minimum atomic E-state index is -0.261. The average molecular weight is 281 g/mol. The summed E-state index contributed by atoms with van der Waals surface area (Å²) in [6, 6.07) is 11.0. The van der Waals surface area contributed by atoms with E-state index in [4.69, 9.17) is 10.00 Å². The summed E-state index contributed by atoms with van der Waals surface area (Å²) in [6.45, 7) is 1.51. The van der Waals surface area contributed by atoms with E-state index in [-0.39, 0.29) is 11.1 Å². The van der Waals surface area contributed by atoms with Crippen LogP contribution in [0.4, 0.5) is 0 Å². The molecule has 1 aromatic heterocycles. The first-order chi connectivity index (χ1) is 10.2. The van der Waals surface area contributed by atoms with E-state index in [1.54, 1.807) is 17.7 Å². The fourth-order valence-electron chi connectivity index (χ4n) is 2.65. The standard InChI is InChI=1S/C16H15N3O2/c1-21-14-4-2-13(3-5-14)19-15-6-7-18-10-12(15)8-11(9-17)16(19)20/h2-5,8,18H,6-7,10H2,1H3. The molecule has 0 atom stereocenters. The number of ether oxygens (including phenoxy) is 1. The maximum atomic E-state index is 12.5. The highest BCUT2D eigenvalue weighted by atomic mass is 16.5. The molecule has 0 aliphatic carbocycles. The Morgan fingerprint density at radius 2 is 2.10 bits per heavy atom. The van der Waals surface area contributed by atoms with Crippen molar-refractivity contribution in [1.29, 1.82) is 5.26 Å². The van der Waals surface area contributed by atoms with E-state index in [1.807, 2.05) is 30.3 Å². The molecule has 1 N–H and O–H groups in total. The Morgan fingerprint density at radius 1 is 1.33 bits per heavy atom. The monoisotopic (exact) mass is 281 g/mol. The van der Waals surface area contributed by atoms with Crippen LogP contribution in [0.5, 0.6) is 5.75 Å². The van der Waals surface area contributed by atoms with Gasteiger partial charge in [0.15, 0.2) is 0 Å². The molecule has 2 aromatic rings. The van der Waals surface area contributed by atoms with Crippen LogP contribution in [-0.2, 0) is 13.0 Å². The van der Waals surface area contributed by atoms with Crippen molar-refractivity contribution in [3.63, 3.8) is 0 Å². The second-order valence-electron chi connectivity index (χ2n) is 4.91. The highest BCUT2D eigenvalue weighted by Gasteiger charge is 2.18. The maximum absolute atomic E-state index is 12.5. The van der Waals surface area contributed by atoms with Gasteiger partial charge in [0.2, 0.25) is 0 Å². The van der Waals surface area contributed by atoms with E-state index in [9.17, 15) is 4.79 Å². The fraction of sp³-hybridized carbons (Fsp3) is 0.250. The molecule has 21 heavy (non-hydrogen) atoms. The quantitative estimate of drug-likeness (QED) is 0.902. The maximum Gasteiger partial charge on any atom is 0.273 e. The SMILES string of the molecule is COc1ccc(-n2c3c(cc(C#N)c2=O)CNCC3)cc1. The van der Waals surface area contributed by atoms with Crippen molar-refractivity contribution in [2.45, 2.75) is 13.0 Å². The Labute approximate surface area is 122 Å². The van der Waals surface area contributed by atoms with Crippen LogP contribution in [0.2, 0.25) is 0 Å². The van der Waals surface area contributed by atoms with Crippen molar-refractivity contribution in [1.82, 2.24) is 9.88 Å². The van der Waals surface area contributed by atoms with Crippen molar-refractivity contribution in [2.24, 2.45) is 0 Å². The molecule has 5 nitrogen and oxygen atoms in total. The van der Waals surface area contributed by atoms with Gasteiger partial charge in [-0.1, -0.05) is 0 Å². The topological polar surface area (TPSA) is 67.0 Å². The van der Waals surface area contributed by atoms with Gasteiger partial charge < -0.3 is 10.1 Å². The van der Waals surface area contributed by atoms with E-state index in [2.05, 4.69) is 5.32 Å². The predicted octanol–water partition coefficient (Wildman–Crippen LogP) is 1.36. The molecule has 2 heterocycles. The van der Waals surface area contributed by atoms with Crippen LogP contribution in [0.3, 0.4) is 0 Å². The molecule has 0 saturated heterocycles. The summed E-state index contributed by atoms with van der Waals surface area (Å²) >= 11 is 0. The molecule has 0 bridgehead atoms. The summed E-state index contributed by atoms with van der Waals surface area (Å²) in [7, 11) is 1.60. The number of benzene rings is 1. The molecular weight excluding hydrogens is 266 g/mol. The number of fused-ring (bicyclic) bond motifs is 1. The van der Waals surface area contributed by atoms with Gasteiger partial charge in [-0.2, -0.15) is 5.26 Å². The van der Waals surface area contributed by atoms with Crippen LogP contribution < -0.4 is 15.6 Å². The van der Waals surface area contributed by atoms with Gasteiger partial charge in [-0.05, 0) is 35.9 Å². The average Bonchev–Trinajstić information content (AvgIpc) is 2.54. The Balaban J connectivity index is 2.24. The number of pyridine rings is 1. The second kappa shape index (κ2) is 5.43. The largest absolute Gasteiger partial charge is 0.497 e. The van der Waals surface area contributed by atoms with Crippen LogP contribution in [0.25, 0.3) is 5.69 Å². The van der Waals surface area contributed by atoms with E-state index in [1.165, 1.54) is 0 Å². The van der Waals surface area contributed by atoms with Crippen molar-refractivity contribution in [2.75, 3.05) is 13.7 Å². The second-order valence-corrected chi connectivity index (χ2v) is 4.91. The van der Waals surface area contributed by atoms with Gasteiger partial charge in [-0.25, -0.2) is 0 Å². The third-order valence-electron chi connectivity index (χ3n) is 3.70. The van der Waals surface area contributed by atoms with Crippen molar-refractivity contribution < 1.29 is 4.74 Å². The Morgan fingerprint density at radius 3 is 2.76 bits per heavy atom. The van der Waals surface area contributed by atoms with Crippen LogP contribution in [0, 0.1) is 11.3 Å². The normalized spacial score (nSPS) is 13.3. The summed E-state index contributed by atoms with van der Waals surface area (Å²) < 4.78 is 6.79. The number of hydrogen-bond acceptors (Lipinski definition) is 4. The van der Waals surface area contributed by atoms with Crippen LogP contribution in [-0.4, -0.2) is 18.2 Å². The van der Waals surface area contributed by atoms with Gasteiger partial charge in [0.25, 0.3) is 5.56 Å². The first-order valence-electron chi connectivity index (χ1n) is 6.77. The van der Waals surface area contributed by atoms with Gasteiger partial charge in [-0.3, -0.25) is 9.36 Å². The highest BCUT2D eigenvalue weighted by molar-refractivity contribution is 5.44. The van der Waals surface area contributed by atoms with Crippen LogP contribution >= 0.6 is 0 Å². The lowest BCUT2D eigenvalue weighted by atomic mass is 10.0. The first kappa shape index (κ1) is 13.4. The van der Waals surface area contributed by atoms with Crippen molar-refractivity contribution >= 4 is 0 Å². The molecule has 0 saturated carbocycles. The highest BCUT2D eigenvalue weighted by Crippen LogP contribution is 2.20. The van der Waals surface area contributed by atoms with Crippen molar-refractivity contribution in [3.05, 3.63) is 57.5 Å². The predicted molar refractivity (Wildman–Crippen MR) is 78.7 cm³/mol. The van der Waals surface area contributed by atoms with E-state index in [0.717, 1.165) is 35.7 Å². The zero-order valence-electron chi connectivity index (χ0n) is 11.7. The number of nitriles is 1. The van der Waals surface area contributed by atoms with E-state index >= 15 is 0 Å². The molecule has 106 valence electrons. The lowest BCUT2D eigenvalue weighted by Crippen LogP contribution is -2.33. The van der Waals surface area contributed by atoms with Gasteiger partial charge in [0.05, 0.1) is 7.11 Å². The summed E-state index contributed by atoms with van der Waals surface area (Å²) in [5.74, 6) is 0.735. The molecule has 1 aliphatic heterocycles. The molecule has 0 unspecified atom stereocenters. The molecule has 1 aliphatic rings. The summed E-state index contributed by atoms with van der Waals surface area (Å²) in [4.78, 5) is 12.5. The molecule has 0 radical (unpaired) electrons. The number of rotatable bonds is 2. The lowest BCUT2D eigenvalue weighted by Gasteiger charge is -2.22. The molecule has 3 rings (SSSR count). The van der Waals surface area contributed by atoms with Gasteiger partial charge >= 0.3 is 0 Å². The number of methoxy groups -OCH3 is 1.